The van der Waals surface area contributed by atoms with Crippen molar-refractivity contribution in [3.63, 3.8) is 0 Å². The summed E-state index contributed by atoms with van der Waals surface area (Å²) in [7, 11) is 1.56. The molecule has 0 radical (unpaired) electrons. The van der Waals surface area contributed by atoms with Gasteiger partial charge < -0.3 is 9.47 Å². The number of carbonyl (C=O) groups excluding carboxylic acids is 2. The minimum Gasteiger partial charge on any atom is -0.382 e. The number of methoxy groups -OCH3 is 1. The fourth-order valence-corrected chi connectivity index (χ4v) is 1.15. The van der Waals surface area contributed by atoms with Crippen molar-refractivity contribution in [3.05, 3.63) is 12.2 Å². The van der Waals surface area contributed by atoms with Gasteiger partial charge in [-0.2, -0.15) is 0 Å². The quantitative estimate of drug-likeness (QED) is 0.459. The van der Waals surface area contributed by atoms with E-state index in [1.807, 2.05) is 0 Å². The number of nitrogens with zero attached hydrogens (tertiary/aromatic N) is 1. The molecule has 0 aliphatic carbocycles. The van der Waals surface area contributed by atoms with Crippen LogP contribution < -0.4 is 0 Å². The van der Waals surface area contributed by atoms with Crippen LogP contribution in [0.2, 0.25) is 0 Å². The first kappa shape index (κ1) is 10.9. The Balaban J connectivity index is 2.40. The SMILES string of the molecule is COCCOC(C)N1C(=O)C=CC1=O. The van der Waals surface area contributed by atoms with Crippen LogP contribution in [0.3, 0.4) is 0 Å². The second-order valence-corrected chi connectivity index (χ2v) is 2.84. The summed E-state index contributed by atoms with van der Waals surface area (Å²) in [6.45, 7) is 2.45. The fraction of sp³-hybridized carbons (Fsp3) is 0.556. The van der Waals surface area contributed by atoms with Crippen LogP contribution in [0.25, 0.3) is 0 Å². The highest BCUT2D eigenvalue weighted by Crippen LogP contribution is 2.09. The highest BCUT2D eigenvalue weighted by atomic mass is 16.5. The highest BCUT2D eigenvalue weighted by molar-refractivity contribution is 6.13. The van der Waals surface area contributed by atoms with E-state index in [9.17, 15) is 9.59 Å². The van der Waals surface area contributed by atoms with E-state index in [2.05, 4.69) is 0 Å². The Bertz CT molecular complexity index is 244. The van der Waals surface area contributed by atoms with Gasteiger partial charge in [0.05, 0.1) is 13.2 Å². The summed E-state index contributed by atoms with van der Waals surface area (Å²) >= 11 is 0. The van der Waals surface area contributed by atoms with Gasteiger partial charge in [0, 0.05) is 19.3 Å². The molecule has 1 unspecified atom stereocenters. The lowest BCUT2D eigenvalue weighted by molar-refractivity contribution is -0.151. The predicted molar refractivity (Wildman–Crippen MR) is 48.3 cm³/mol. The van der Waals surface area contributed by atoms with Gasteiger partial charge in [-0.15, -0.1) is 0 Å². The molecule has 0 saturated carbocycles. The van der Waals surface area contributed by atoms with Crippen molar-refractivity contribution in [3.8, 4) is 0 Å². The van der Waals surface area contributed by atoms with E-state index in [1.165, 1.54) is 12.2 Å². The summed E-state index contributed by atoms with van der Waals surface area (Å²) in [6, 6.07) is 0. The van der Waals surface area contributed by atoms with Gasteiger partial charge in [0.25, 0.3) is 11.8 Å². The molecule has 0 aromatic carbocycles. The minimum absolute atomic E-state index is 0.333. The standard InChI is InChI=1S/C9H13NO4/c1-7(14-6-5-13-2)10-8(11)3-4-9(10)12/h3-4,7H,5-6H2,1-2H3. The van der Waals surface area contributed by atoms with Gasteiger partial charge >= 0.3 is 0 Å². The van der Waals surface area contributed by atoms with Crippen LogP contribution in [0, 0.1) is 0 Å². The molecule has 0 aromatic heterocycles. The van der Waals surface area contributed by atoms with E-state index in [-0.39, 0.29) is 11.8 Å². The number of hydrogen-bond donors (Lipinski definition) is 0. The molecule has 5 heteroatoms. The molecule has 0 bridgehead atoms. The first-order valence-corrected chi connectivity index (χ1v) is 4.32. The monoisotopic (exact) mass is 199 g/mol. The van der Waals surface area contributed by atoms with E-state index in [0.29, 0.717) is 13.2 Å². The van der Waals surface area contributed by atoms with Crippen LogP contribution in [0.4, 0.5) is 0 Å². The molecule has 1 atom stereocenters. The lowest BCUT2D eigenvalue weighted by Crippen LogP contribution is -2.40. The highest BCUT2D eigenvalue weighted by Gasteiger charge is 2.28. The van der Waals surface area contributed by atoms with Gasteiger partial charge in [0.15, 0.2) is 0 Å². The third kappa shape index (κ3) is 2.40. The van der Waals surface area contributed by atoms with E-state index < -0.39 is 6.23 Å². The number of rotatable bonds is 5. The van der Waals surface area contributed by atoms with Crippen LogP contribution in [-0.2, 0) is 19.1 Å². The van der Waals surface area contributed by atoms with E-state index in [0.717, 1.165) is 4.90 Å². The van der Waals surface area contributed by atoms with Crippen LogP contribution in [-0.4, -0.2) is 43.3 Å². The number of hydrogen-bond acceptors (Lipinski definition) is 4. The first-order valence-electron chi connectivity index (χ1n) is 4.32. The summed E-state index contributed by atoms with van der Waals surface area (Å²) in [5.41, 5.74) is 0. The molecule has 14 heavy (non-hydrogen) atoms. The maximum atomic E-state index is 11.2. The van der Waals surface area contributed by atoms with Crippen LogP contribution in [0.5, 0.6) is 0 Å². The van der Waals surface area contributed by atoms with Crippen molar-refractivity contribution in [1.29, 1.82) is 0 Å². The Kier molecular flexibility index (Phi) is 3.79. The van der Waals surface area contributed by atoms with Crippen LogP contribution in [0.15, 0.2) is 12.2 Å². The summed E-state index contributed by atoms with van der Waals surface area (Å²) in [4.78, 5) is 23.4. The summed E-state index contributed by atoms with van der Waals surface area (Å²) in [5.74, 6) is -0.667. The van der Waals surface area contributed by atoms with Gasteiger partial charge in [0.2, 0.25) is 0 Å². The van der Waals surface area contributed by atoms with E-state index in [1.54, 1.807) is 14.0 Å². The van der Waals surface area contributed by atoms with Crippen molar-refractivity contribution in [2.45, 2.75) is 13.2 Å². The normalized spacial score (nSPS) is 18.0. The van der Waals surface area contributed by atoms with Crippen LogP contribution >= 0.6 is 0 Å². The predicted octanol–water partition coefficient (Wildman–Crippen LogP) is -0.0796. The molecule has 0 saturated heterocycles. The Morgan fingerprint density at radius 2 is 1.86 bits per heavy atom. The number of carbonyl (C=O) groups is 2. The zero-order valence-electron chi connectivity index (χ0n) is 8.23. The minimum atomic E-state index is -0.542. The van der Waals surface area contributed by atoms with Gasteiger partial charge in [-0.25, -0.2) is 4.90 Å². The molecule has 2 amide bonds. The largest absolute Gasteiger partial charge is 0.382 e. The summed E-state index contributed by atoms with van der Waals surface area (Å²) < 4.78 is 10.0. The molecule has 78 valence electrons. The Hall–Kier alpha value is -1.20. The lowest BCUT2D eigenvalue weighted by atomic mass is 10.5. The molecular weight excluding hydrogens is 186 g/mol. The first-order chi connectivity index (χ1) is 6.66. The molecule has 1 rings (SSSR count). The van der Waals surface area contributed by atoms with E-state index >= 15 is 0 Å². The topological polar surface area (TPSA) is 55.8 Å². The van der Waals surface area contributed by atoms with Crippen molar-refractivity contribution < 1.29 is 19.1 Å². The maximum Gasteiger partial charge on any atom is 0.255 e. The molecule has 1 heterocycles. The summed E-state index contributed by atoms with van der Waals surface area (Å²) in [6.07, 6.45) is 1.93. The van der Waals surface area contributed by atoms with Crippen molar-refractivity contribution >= 4 is 11.8 Å². The Morgan fingerprint density at radius 3 is 2.36 bits per heavy atom. The number of amides is 2. The molecule has 1 aliphatic rings. The second kappa shape index (κ2) is 4.88. The Morgan fingerprint density at radius 1 is 1.29 bits per heavy atom. The number of ether oxygens (including phenoxy) is 2. The molecule has 0 aromatic rings. The molecule has 0 fully saturated rings. The van der Waals surface area contributed by atoms with Gasteiger partial charge in [-0.3, -0.25) is 9.59 Å². The molecule has 5 nitrogen and oxygen atoms in total. The smallest absolute Gasteiger partial charge is 0.255 e. The van der Waals surface area contributed by atoms with Crippen molar-refractivity contribution in [1.82, 2.24) is 4.90 Å². The van der Waals surface area contributed by atoms with Crippen molar-refractivity contribution in [2.75, 3.05) is 20.3 Å². The lowest BCUT2D eigenvalue weighted by Gasteiger charge is -2.22. The van der Waals surface area contributed by atoms with Gasteiger partial charge in [-0.05, 0) is 6.92 Å². The number of imide groups is 1. The van der Waals surface area contributed by atoms with Crippen LogP contribution in [0.1, 0.15) is 6.92 Å². The van der Waals surface area contributed by atoms with E-state index in [4.69, 9.17) is 9.47 Å². The zero-order valence-corrected chi connectivity index (χ0v) is 8.23. The van der Waals surface area contributed by atoms with Gasteiger partial charge in [0.1, 0.15) is 6.23 Å². The summed E-state index contributed by atoms with van der Waals surface area (Å²) in [5, 5.41) is 0. The third-order valence-corrected chi connectivity index (χ3v) is 1.85. The second-order valence-electron chi connectivity index (χ2n) is 2.84. The average Bonchev–Trinajstić information content (AvgIpc) is 2.46. The van der Waals surface area contributed by atoms with Crippen molar-refractivity contribution in [2.24, 2.45) is 0 Å². The molecule has 1 aliphatic heterocycles. The fourth-order valence-electron chi connectivity index (χ4n) is 1.15. The maximum absolute atomic E-state index is 11.2. The molecule has 0 spiro atoms. The molecule has 0 N–H and O–H groups in total. The molecular formula is C9H13NO4. The third-order valence-electron chi connectivity index (χ3n) is 1.85. The Labute approximate surface area is 82.3 Å². The zero-order chi connectivity index (χ0) is 10.6. The average molecular weight is 199 g/mol. The van der Waals surface area contributed by atoms with Gasteiger partial charge in [-0.1, -0.05) is 0 Å².